The highest BCUT2D eigenvalue weighted by Gasteiger charge is 2.52. The Morgan fingerprint density at radius 2 is 0.539 bits per heavy atom. The van der Waals surface area contributed by atoms with Crippen molar-refractivity contribution in [1.29, 1.82) is 0 Å². The van der Waals surface area contributed by atoms with Crippen molar-refractivity contribution in [2.45, 2.75) is 123 Å². The molecule has 0 radical (unpaired) electrons. The average Bonchev–Trinajstić information content (AvgIpc) is 3.41. The molecule has 76 heavy (non-hydrogen) atoms. The number of hydrogen-bond donors (Lipinski definition) is 0. The Morgan fingerprint density at radius 3 is 0.829 bits per heavy atom. The van der Waals surface area contributed by atoms with Crippen LogP contribution < -0.4 is 26.4 Å². The van der Waals surface area contributed by atoms with Gasteiger partial charge in [0.1, 0.15) is 52.7 Å². The van der Waals surface area contributed by atoms with Gasteiger partial charge >= 0.3 is 0 Å². The first kappa shape index (κ1) is 60.8. The summed E-state index contributed by atoms with van der Waals surface area (Å²) in [6, 6.07) is 17.4. The highest BCUT2D eigenvalue weighted by atomic mass is 19.2. The van der Waals surface area contributed by atoms with Crippen molar-refractivity contribution in [1.82, 2.24) is 0 Å². The molecule has 0 N–H and O–H groups in total. The summed E-state index contributed by atoms with van der Waals surface area (Å²) in [7, 11) is 0. The van der Waals surface area contributed by atoms with Crippen molar-refractivity contribution in [3.8, 4) is 0 Å². The molecule has 0 saturated heterocycles. The molecule has 0 aliphatic heterocycles. The monoisotopic (exact) mass is 1100 g/mol. The zero-order valence-corrected chi connectivity index (χ0v) is 40.5. The van der Waals surface area contributed by atoms with E-state index in [1.54, 1.807) is 0 Å². The van der Waals surface area contributed by atoms with E-state index in [9.17, 15) is 52.7 Å². The third kappa shape index (κ3) is 12.7. The van der Waals surface area contributed by atoms with Gasteiger partial charge in [0.15, 0.2) is 88.2 Å². The molecule has 0 spiro atoms. The summed E-state index contributed by atoms with van der Waals surface area (Å²) < 4.78 is 296. The maximum absolute atomic E-state index is 15.4. The Hall–Kier alpha value is -6.09. The van der Waals surface area contributed by atoms with Crippen LogP contribution in [0.4, 0.5) is 87.8 Å². The normalized spacial score (nSPS) is 11.6. The molecule has 6 rings (SSSR count). The second-order valence-electron chi connectivity index (χ2n) is 18.2. The number of halogens is 20. The van der Waals surface area contributed by atoms with E-state index in [0.29, 0.717) is 0 Å². The molecule has 1 aromatic heterocycles. The molecule has 0 amide bonds. The van der Waals surface area contributed by atoms with E-state index < -0.39 is 144 Å². The summed E-state index contributed by atoms with van der Waals surface area (Å²) in [6.07, 6.45) is 19.1. The Bertz CT molecular complexity index is 2590. The Balaban J connectivity index is 0.000000301. The summed E-state index contributed by atoms with van der Waals surface area (Å²) in [6.45, 7) is 3.28. The molecule has 0 aliphatic carbocycles. The molecule has 0 atom stereocenters. The average molecular weight is 1100 g/mol. The first-order chi connectivity index (χ1) is 36.1. The minimum atomic E-state index is -7.22. The number of pyridine rings is 1. The van der Waals surface area contributed by atoms with E-state index in [4.69, 9.17) is 0 Å². The molecule has 6 aromatic rings. The Kier molecular flexibility index (Phi) is 21.8. The van der Waals surface area contributed by atoms with Gasteiger partial charge in [-0.25, -0.2) is 87.8 Å². The largest absolute Gasteiger partial charge is 0.207 e. The SMILES string of the molecule is CCCCCCCCCCCCCCCCCCc1cccc[n+]1Cc1ccccc1.Fc1c(F)c(F)c([B-](c2c(F)c(F)c(F)c(F)c2F)(c2c(F)c(F)c(F)c(F)c2F)c2c(F)c(F)c(F)c(F)c2F)c(F)c1F. The van der Waals surface area contributed by atoms with Crippen molar-refractivity contribution in [3.05, 3.63) is 182 Å². The van der Waals surface area contributed by atoms with Gasteiger partial charge in [0.05, 0.1) is 0 Å². The second kappa shape index (κ2) is 27.3. The van der Waals surface area contributed by atoms with E-state index in [0.717, 1.165) is 6.54 Å². The zero-order chi connectivity index (χ0) is 56.2. The summed E-state index contributed by atoms with van der Waals surface area (Å²) in [5.74, 6) is -71.4. The summed E-state index contributed by atoms with van der Waals surface area (Å²) >= 11 is 0. The molecule has 0 unspecified atom stereocenters. The smallest absolute Gasteiger partial charge is 0.200 e. The lowest BCUT2D eigenvalue weighted by molar-refractivity contribution is -0.695. The maximum Gasteiger partial charge on any atom is 0.200 e. The molecule has 0 saturated carbocycles. The predicted octanol–water partition coefficient (Wildman–Crippen LogP) is 14.7. The third-order valence-corrected chi connectivity index (χ3v) is 13.2. The van der Waals surface area contributed by atoms with Gasteiger partial charge in [0.25, 0.3) is 0 Å². The number of benzene rings is 5. The van der Waals surface area contributed by atoms with Crippen LogP contribution in [0.25, 0.3) is 0 Å². The number of hydrogen-bond acceptors (Lipinski definition) is 0. The van der Waals surface area contributed by atoms with E-state index in [-0.39, 0.29) is 0 Å². The van der Waals surface area contributed by atoms with E-state index in [1.807, 2.05) is 0 Å². The number of nitrogens with zero attached hydrogens (tertiary/aromatic N) is 1. The highest BCUT2D eigenvalue weighted by molar-refractivity contribution is 7.20. The van der Waals surface area contributed by atoms with Crippen LogP contribution in [0.5, 0.6) is 0 Å². The number of aryl methyl sites for hydroxylation is 1. The lowest BCUT2D eigenvalue weighted by atomic mass is 9.12. The van der Waals surface area contributed by atoms with Crippen molar-refractivity contribution in [2.75, 3.05) is 0 Å². The minimum absolute atomic E-state index is 0.982. The lowest BCUT2D eigenvalue weighted by Crippen LogP contribution is -2.81. The number of rotatable bonds is 23. The fourth-order valence-electron chi connectivity index (χ4n) is 9.40. The van der Waals surface area contributed by atoms with Crippen LogP contribution in [0.15, 0.2) is 54.7 Å². The van der Waals surface area contributed by atoms with Crippen molar-refractivity contribution in [2.24, 2.45) is 0 Å². The van der Waals surface area contributed by atoms with Gasteiger partial charge in [-0.1, -0.05) is 140 Å². The third-order valence-electron chi connectivity index (χ3n) is 13.2. The standard InChI is InChI=1S/C30H48N.C24BF20/c1-2-3-4-5-6-7-8-9-10-11-12-13-14-15-16-20-25-30-26-21-22-27-31(30)28-29-23-18-17-19-24-29;26-5-1(6(27)14(35)21(42)13(5)34)25(2-7(28)15(36)22(43)16(37)8(2)29,3-9(30)17(38)23(44)18(39)10(3)31)4-11(32)19(40)24(45)20(41)12(4)33/h17-19,21-24,26-27H,2-16,20,25,28H2,1H3;/q+1;-1. The van der Waals surface area contributed by atoms with Gasteiger partial charge in [0.2, 0.25) is 0 Å². The first-order valence-corrected chi connectivity index (χ1v) is 24.3. The minimum Gasteiger partial charge on any atom is -0.207 e. The van der Waals surface area contributed by atoms with Crippen LogP contribution in [0, 0.1) is 116 Å². The molecular formula is C54H48BF20N. The molecule has 5 aromatic carbocycles. The number of unbranched alkanes of at least 4 members (excludes halogenated alkanes) is 15. The van der Waals surface area contributed by atoms with Gasteiger partial charge in [-0.2, -0.15) is 4.57 Å². The van der Waals surface area contributed by atoms with Gasteiger partial charge in [-0.15, -0.1) is 21.9 Å². The van der Waals surface area contributed by atoms with Crippen molar-refractivity contribution < 1.29 is 92.4 Å². The quantitative estimate of drug-likeness (QED) is 0.0150. The van der Waals surface area contributed by atoms with Crippen LogP contribution in [0.2, 0.25) is 0 Å². The molecular weight excluding hydrogens is 1050 g/mol. The van der Waals surface area contributed by atoms with E-state index in [1.165, 1.54) is 120 Å². The van der Waals surface area contributed by atoms with Gasteiger partial charge in [0, 0.05) is 24.1 Å². The predicted molar refractivity (Wildman–Crippen MR) is 245 cm³/mol. The second-order valence-corrected chi connectivity index (χ2v) is 18.2. The fourth-order valence-corrected chi connectivity index (χ4v) is 9.40. The molecule has 1 heterocycles. The van der Waals surface area contributed by atoms with Gasteiger partial charge in [-0.3, -0.25) is 0 Å². The molecule has 1 nitrogen and oxygen atoms in total. The van der Waals surface area contributed by atoms with Crippen LogP contribution in [0.1, 0.15) is 121 Å². The van der Waals surface area contributed by atoms with E-state index in [2.05, 4.69) is 66.2 Å². The molecule has 0 fully saturated rings. The summed E-state index contributed by atoms with van der Waals surface area (Å²) in [5.41, 5.74) is -11.5. The van der Waals surface area contributed by atoms with Gasteiger partial charge in [-0.05, 0) is 6.42 Å². The summed E-state index contributed by atoms with van der Waals surface area (Å²) in [5, 5.41) is 0. The van der Waals surface area contributed by atoms with Crippen LogP contribution in [-0.4, -0.2) is 6.15 Å². The topological polar surface area (TPSA) is 3.88 Å². The molecule has 0 aliphatic rings. The summed E-state index contributed by atoms with van der Waals surface area (Å²) in [4.78, 5) is 0. The van der Waals surface area contributed by atoms with Crippen LogP contribution in [0.3, 0.4) is 0 Å². The van der Waals surface area contributed by atoms with Crippen LogP contribution >= 0.6 is 0 Å². The Morgan fingerprint density at radius 1 is 0.289 bits per heavy atom. The zero-order valence-electron chi connectivity index (χ0n) is 40.5. The van der Waals surface area contributed by atoms with Crippen molar-refractivity contribution in [3.63, 3.8) is 0 Å². The molecule has 22 heteroatoms. The Labute approximate surface area is 424 Å². The number of aromatic nitrogens is 1. The molecule has 0 bridgehead atoms. The van der Waals surface area contributed by atoms with Gasteiger partial charge < -0.3 is 0 Å². The van der Waals surface area contributed by atoms with E-state index >= 15 is 35.1 Å². The first-order valence-electron chi connectivity index (χ1n) is 24.3. The fraction of sp³-hybridized carbons (Fsp3) is 0.352. The molecule has 412 valence electrons. The highest BCUT2D eigenvalue weighted by Crippen LogP contribution is 2.31. The van der Waals surface area contributed by atoms with Crippen LogP contribution in [-0.2, 0) is 13.0 Å². The maximum atomic E-state index is 15.4. The van der Waals surface area contributed by atoms with Crippen molar-refractivity contribution >= 4 is 28.0 Å². The lowest BCUT2D eigenvalue weighted by Gasteiger charge is -2.44.